The minimum Gasteiger partial charge on any atom is -0.357 e. The monoisotopic (exact) mass is 370 g/mol. The number of benzene rings is 2. The van der Waals surface area contributed by atoms with Gasteiger partial charge >= 0.3 is 0 Å². The predicted molar refractivity (Wildman–Crippen MR) is 106 cm³/mol. The van der Waals surface area contributed by atoms with Gasteiger partial charge in [-0.1, -0.05) is 65.6 Å². The molecule has 3 aromatic rings. The van der Waals surface area contributed by atoms with Gasteiger partial charge in [0.25, 0.3) is 0 Å². The van der Waals surface area contributed by atoms with E-state index in [1.54, 1.807) is 6.08 Å². The number of fused-ring (bicyclic) bond motifs is 1. The number of thioether (sulfide) groups is 1. The highest BCUT2D eigenvalue weighted by atomic mass is 32.2. The van der Waals surface area contributed by atoms with Gasteiger partial charge in [0.05, 0.1) is 5.25 Å². The van der Waals surface area contributed by atoms with Gasteiger partial charge < -0.3 is 10.6 Å². The standard InChI is InChI=1S/C18H18N4OS2/c1-3-11-19-17-21-22-18(25-17)24-12(2)16(23)20-15-10-6-8-13-7-4-5-9-14(13)15/h3-10,12H,1,11H2,2H3,(H,19,21)(H,20,23)/t12-/m1/s1. The summed E-state index contributed by atoms with van der Waals surface area (Å²) in [4.78, 5) is 12.5. The summed E-state index contributed by atoms with van der Waals surface area (Å²) in [5, 5.41) is 16.8. The Kier molecular flexibility index (Phi) is 5.67. The molecule has 0 unspecified atom stereocenters. The van der Waals surface area contributed by atoms with Crippen LogP contribution >= 0.6 is 23.1 Å². The second kappa shape index (κ2) is 8.13. The molecule has 0 fully saturated rings. The number of rotatable bonds is 7. The molecule has 0 aliphatic rings. The first kappa shape index (κ1) is 17.4. The first-order valence-electron chi connectivity index (χ1n) is 7.81. The third-order valence-electron chi connectivity index (χ3n) is 3.50. The van der Waals surface area contributed by atoms with Crippen LogP contribution in [0.3, 0.4) is 0 Å². The molecule has 0 saturated carbocycles. The van der Waals surface area contributed by atoms with E-state index in [0.717, 1.165) is 25.9 Å². The number of carbonyl (C=O) groups is 1. The summed E-state index contributed by atoms with van der Waals surface area (Å²) < 4.78 is 0.757. The highest BCUT2D eigenvalue weighted by molar-refractivity contribution is 8.02. The lowest BCUT2D eigenvalue weighted by Crippen LogP contribution is -2.22. The molecule has 1 heterocycles. The topological polar surface area (TPSA) is 66.9 Å². The van der Waals surface area contributed by atoms with Crippen molar-refractivity contribution in [3.05, 3.63) is 55.1 Å². The summed E-state index contributed by atoms with van der Waals surface area (Å²) in [6.07, 6.45) is 1.76. The Hall–Kier alpha value is -2.38. The number of aromatic nitrogens is 2. The van der Waals surface area contributed by atoms with Crippen LogP contribution in [0.1, 0.15) is 6.92 Å². The number of nitrogens with zero attached hydrogens (tertiary/aromatic N) is 2. The molecule has 2 aromatic carbocycles. The fourth-order valence-electron chi connectivity index (χ4n) is 2.26. The molecule has 2 N–H and O–H groups in total. The van der Waals surface area contributed by atoms with Crippen LogP contribution in [-0.4, -0.2) is 27.9 Å². The number of nitrogens with one attached hydrogen (secondary N) is 2. The minimum absolute atomic E-state index is 0.0582. The van der Waals surface area contributed by atoms with Crippen molar-refractivity contribution in [2.24, 2.45) is 0 Å². The quantitative estimate of drug-likeness (QED) is 0.476. The van der Waals surface area contributed by atoms with Crippen LogP contribution in [-0.2, 0) is 4.79 Å². The van der Waals surface area contributed by atoms with E-state index in [1.165, 1.54) is 23.1 Å². The van der Waals surface area contributed by atoms with E-state index in [2.05, 4.69) is 27.4 Å². The molecule has 0 aliphatic heterocycles. The average molecular weight is 371 g/mol. The molecule has 0 radical (unpaired) electrons. The van der Waals surface area contributed by atoms with Crippen LogP contribution in [0.25, 0.3) is 10.8 Å². The van der Waals surface area contributed by atoms with Crippen LogP contribution in [0.15, 0.2) is 59.5 Å². The van der Waals surface area contributed by atoms with Crippen molar-refractivity contribution in [2.75, 3.05) is 17.2 Å². The Bertz CT molecular complexity index is 888. The van der Waals surface area contributed by atoms with Crippen LogP contribution in [0, 0.1) is 0 Å². The number of hydrogen-bond donors (Lipinski definition) is 2. The fourth-order valence-corrected chi connectivity index (χ4v) is 4.16. The largest absolute Gasteiger partial charge is 0.357 e. The number of carbonyl (C=O) groups excluding carboxylic acids is 1. The lowest BCUT2D eigenvalue weighted by molar-refractivity contribution is -0.115. The minimum atomic E-state index is -0.279. The predicted octanol–water partition coefficient (Wildman–Crippen LogP) is 4.41. The zero-order chi connectivity index (χ0) is 17.6. The maximum Gasteiger partial charge on any atom is 0.237 e. The molecule has 25 heavy (non-hydrogen) atoms. The molecule has 5 nitrogen and oxygen atoms in total. The summed E-state index contributed by atoms with van der Waals surface area (Å²) in [6.45, 7) is 6.15. The van der Waals surface area contributed by atoms with E-state index in [1.807, 2.05) is 49.4 Å². The number of hydrogen-bond acceptors (Lipinski definition) is 6. The van der Waals surface area contributed by atoms with E-state index >= 15 is 0 Å². The lowest BCUT2D eigenvalue weighted by atomic mass is 10.1. The number of anilines is 2. The molecular formula is C18H18N4OS2. The first-order valence-corrected chi connectivity index (χ1v) is 9.50. The van der Waals surface area contributed by atoms with Gasteiger partial charge in [0.1, 0.15) is 0 Å². The zero-order valence-corrected chi connectivity index (χ0v) is 15.4. The van der Waals surface area contributed by atoms with Gasteiger partial charge in [0, 0.05) is 17.6 Å². The van der Waals surface area contributed by atoms with Crippen molar-refractivity contribution in [1.82, 2.24) is 10.2 Å². The van der Waals surface area contributed by atoms with Crippen molar-refractivity contribution >= 4 is 50.6 Å². The van der Waals surface area contributed by atoms with E-state index < -0.39 is 0 Å². The Morgan fingerprint density at radius 3 is 2.92 bits per heavy atom. The summed E-state index contributed by atoms with van der Waals surface area (Å²) >= 11 is 2.83. The smallest absolute Gasteiger partial charge is 0.237 e. The Morgan fingerprint density at radius 2 is 2.08 bits per heavy atom. The molecule has 0 aliphatic carbocycles. The van der Waals surface area contributed by atoms with E-state index in [9.17, 15) is 4.79 Å². The van der Waals surface area contributed by atoms with Crippen molar-refractivity contribution in [3.63, 3.8) is 0 Å². The Labute approximate surface area is 154 Å². The zero-order valence-electron chi connectivity index (χ0n) is 13.7. The molecule has 1 aromatic heterocycles. The summed E-state index contributed by atoms with van der Waals surface area (Å²) in [6, 6.07) is 13.9. The van der Waals surface area contributed by atoms with E-state index in [4.69, 9.17) is 0 Å². The molecule has 7 heteroatoms. The second-order valence-corrected chi connectivity index (χ2v) is 7.88. The third-order valence-corrected chi connectivity index (χ3v) is 5.56. The summed E-state index contributed by atoms with van der Waals surface area (Å²) in [5.41, 5.74) is 0.821. The molecule has 1 amide bonds. The third kappa shape index (κ3) is 4.37. The Morgan fingerprint density at radius 1 is 1.28 bits per heavy atom. The highest BCUT2D eigenvalue weighted by Gasteiger charge is 2.18. The van der Waals surface area contributed by atoms with Crippen LogP contribution in [0.2, 0.25) is 0 Å². The van der Waals surface area contributed by atoms with Crippen LogP contribution in [0.5, 0.6) is 0 Å². The van der Waals surface area contributed by atoms with Crippen LogP contribution in [0.4, 0.5) is 10.8 Å². The lowest BCUT2D eigenvalue weighted by Gasteiger charge is -2.12. The fraction of sp³-hybridized carbons (Fsp3) is 0.167. The van der Waals surface area contributed by atoms with Gasteiger partial charge in [0.15, 0.2) is 4.34 Å². The van der Waals surface area contributed by atoms with Gasteiger partial charge in [-0.2, -0.15) is 0 Å². The molecule has 0 spiro atoms. The van der Waals surface area contributed by atoms with Gasteiger partial charge in [-0.15, -0.1) is 16.8 Å². The Balaban J connectivity index is 1.66. The average Bonchev–Trinajstić information content (AvgIpc) is 3.07. The van der Waals surface area contributed by atoms with Gasteiger partial charge in [0.2, 0.25) is 11.0 Å². The van der Waals surface area contributed by atoms with Gasteiger partial charge in [-0.3, -0.25) is 4.79 Å². The SMILES string of the molecule is C=CCNc1nnc(S[C@H](C)C(=O)Nc2cccc3ccccc23)s1. The van der Waals surface area contributed by atoms with Gasteiger partial charge in [-0.05, 0) is 18.4 Å². The summed E-state index contributed by atoms with van der Waals surface area (Å²) in [5.74, 6) is -0.0582. The highest BCUT2D eigenvalue weighted by Crippen LogP contribution is 2.30. The van der Waals surface area contributed by atoms with Crippen LogP contribution < -0.4 is 10.6 Å². The van der Waals surface area contributed by atoms with E-state index in [-0.39, 0.29) is 11.2 Å². The maximum absolute atomic E-state index is 12.5. The molecule has 1 atom stereocenters. The van der Waals surface area contributed by atoms with Crippen molar-refractivity contribution in [1.29, 1.82) is 0 Å². The molecular weight excluding hydrogens is 352 g/mol. The molecule has 0 saturated heterocycles. The first-order chi connectivity index (χ1) is 12.2. The van der Waals surface area contributed by atoms with Crippen molar-refractivity contribution < 1.29 is 4.79 Å². The normalized spacial score (nSPS) is 11.9. The molecule has 0 bridgehead atoms. The van der Waals surface area contributed by atoms with Gasteiger partial charge in [-0.25, -0.2) is 0 Å². The van der Waals surface area contributed by atoms with Crippen molar-refractivity contribution in [2.45, 2.75) is 16.5 Å². The number of amides is 1. The van der Waals surface area contributed by atoms with Crippen molar-refractivity contribution in [3.8, 4) is 0 Å². The summed E-state index contributed by atoms with van der Waals surface area (Å²) in [7, 11) is 0. The van der Waals surface area contributed by atoms with E-state index in [0.29, 0.717) is 6.54 Å². The molecule has 3 rings (SSSR count). The molecule has 128 valence electrons. The second-order valence-electron chi connectivity index (χ2n) is 5.32. The maximum atomic E-state index is 12.5.